The largest absolute Gasteiger partial charge is 0.493 e. The molecule has 5 heteroatoms. The quantitative estimate of drug-likeness (QED) is 0.813. The Morgan fingerprint density at radius 1 is 1.24 bits per heavy atom. The molecule has 128 valence electrons. The number of methoxy groups -OCH3 is 1. The van der Waals surface area contributed by atoms with Gasteiger partial charge in [-0.05, 0) is 54.8 Å². The fourth-order valence-corrected chi connectivity index (χ4v) is 2.25. The number of anilines is 1. The summed E-state index contributed by atoms with van der Waals surface area (Å²) < 4.78 is 10.5. The molecule has 0 saturated carbocycles. The molecule has 0 fully saturated rings. The van der Waals surface area contributed by atoms with Crippen molar-refractivity contribution < 1.29 is 14.3 Å². The van der Waals surface area contributed by atoms with Crippen LogP contribution < -0.4 is 14.8 Å². The van der Waals surface area contributed by atoms with Gasteiger partial charge in [-0.25, -0.2) is 0 Å². The van der Waals surface area contributed by atoms with E-state index in [1.165, 1.54) is 13.2 Å². The van der Waals surface area contributed by atoms with Gasteiger partial charge in [-0.15, -0.1) is 0 Å². The van der Waals surface area contributed by atoms with E-state index < -0.39 is 0 Å². The Balaban J connectivity index is 2.09. The van der Waals surface area contributed by atoms with Crippen LogP contribution in [0.25, 0.3) is 6.08 Å². The van der Waals surface area contributed by atoms with E-state index in [0.717, 1.165) is 22.4 Å². The molecule has 0 heterocycles. The second-order valence-corrected chi connectivity index (χ2v) is 5.43. The molecule has 0 radical (unpaired) electrons. The molecule has 0 bridgehead atoms. The summed E-state index contributed by atoms with van der Waals surface area (Å²) in [6, 6.07) is 12.9. The predicted octanol–water partition coefficient (Wildman–Crippen LogP) is 3.87. The van der Waals surface area contributed by atoms with E-state index in [1.807, 2.05) is 38.1 Å². The molecule has 0 aliphatic carbocycles. The monoisotopic (exact) mass is 336 g/mol. The fraction of sp³-hybridized carbons (Fsp3) is 0.200. The standard InChI is InChI=1S/C20H20N2O3/c1-14-5-4-6-17(15(14)2)22-20(23)10-8-16-7-9-18(25-12-11-21)19(13-16)24-3/h4-10,13H,12H2,1-3H3,(H,22,23)/b10-8+. The lowest BCUT2D eigenvalue weighted by Crippen LogP contribution is -2.09. The molecular formula is C20H20N2O3. The van der Waals surface area contributed by atoms with E-state index >= 15 is 0 Å². The zero-order valence-corrected chi connectivity index (χ0v) is 14.5. The second-order valence-electron chi connectivity index (χ2n) is 5.43. The first-order chi connectivity index (χ1) is 12.0. The van der Waals surface area contributed by atoms with Crippen LogP contribution in [0.15, 0.2) is 42.5 Å². The number of carbonyl (C=O) groups is 1. The molecule has 25 heavy (non-hydrogen) atoms. The van der Waals surface area contributed by atoms with Crippen molar-refractivity contribution in [3.8, 4) is 17.6 Å². The van der Waals surface area contributed by atoms with E-state index in [4.69, 9.17) is 14.7 Å². The SMILES string of the molecule is COc1cc(/C=C/C(=O)Nc2cccc(C)c2C)ccc1OCC#N. The third kappa shape index (κ3) is 4.85. The molecule has 1 amide bonds. The summed E-state index contributed by atoms with van der Waals surface area (Å²) in [6.45, 7) is 3.92. The maximum absolute atomic E-state index is 12.1. The van der Waals surface area contributed by atoms with E-state index in [0.29, 0.717) is 11.5 Å². The van der Waals surface area contributed by atoms with Gasteiger partial charge in [-0.1, -0.05) is 18.2 Å². The zero-order chi connectivity index (χ0) is 18.2. The number of ether oxygens (including phenoxy) is 2. The summed E-state index contributed by atoms with van der Waals surface area (Å²) in [5.74, 6) is 0.783. The van der Waals surface area contributed by atoms with E-state index in [9.17, 15) is 4.79 Å². The number of hydrogen-bond donors (Lipinski definition) is 1. The Hall–Kier alpha value is -3.26. The Labute approximate surface area is 147 Å². The van der Waals surface area contributed by atoms with Crippen LogP contribution in [0.1, 0.15) is 16.7 Å². The molecule has 0 spiro atoms. The molecule has 2 rings (SSSR count). The highest BCUT2D eigenvalue weighted by molar-refractivity contribution is 6.02. The molecule has 1 N–H and O–H groups in total. The van der Waals surface area contributed by atoms with Crippen LogP contribution in [0, 0.1) is 25.2 Å². The van der Waals surface area contributed by atoms with Gasteiger partial charge in [0.2, 0.25) is 5.91 Å². The molecule has 0 atom stereocenters. The lowest BCUT2D eigenvalue weighted by atomic mass is 10.1. The van der Waals surface area contributed by atoms with Gasteiger partial charge < -0.3 is 14.8 Å². The minimum Gasteiger partial charge on any atom is -0.493 e. The Morgan fingerprint density at radius 2 is 2.04 bits per heavy atom. The fourth-order valence-electron chi connectivity index (χ4n) is 2.25. The molecule has 0 aromatic heterocycles. The Kier molecular flexibility index (Phi) is 6.19. The topological polar surface area (TPSA) is 71.3 Å². The van der Waals surface area contributed by atoms with Crippen LogP contribution in [-0.2, 0) is 4.79 Å². The number of aryl methyl sites for hydroxylation is 1. The van der Waals surface area contributed by atoms with Gasteiger partial charge in [0.25, 0.3) is 0 Å². The Bertz CT molecular complexity index is 835. The average molecular weight is 336 g/mol. The van der Waals surface area contributed by atoms with Crippen molar-refractivity contribution in [1.29, 1.82) is 5.26 Å². The van der Waals surface area contributed by atoms with Crippen molar-refractivity contribution in [3.05, 3.63) is 59.2 Å². The highest BCUT2D eigenvalue weighted by Gasteiger charge is 2.06. The number of rotatable bonds is 6. The molecule has 5 nitrogen and oxygen atoms in total. The van der Waals surface area contributed by atoms with E-state index in [2.05, 4.69) is 5.32 Å². The van der Waals surface area contributed by atoms with Crippen molar-refractivity contribution >= 4 is 17.7 Å². The summed E-state index contributed by atoms with van der Waals surface area (Å²) in [5, 5.41) is 11.4. The summed E-state index contributed by atoms with van der Waals surface area (Å²) in [6.07, 6.45) is 3.16. The van der Waals surface area contributed by atoms with Crippen LogP contribution in [0.3, 0.4) is 0 Å². The van der Waals surface area contributed by atoms with Gasteiger partial charge in [-0.2, -0.15) is 5.26 Å². The van der Waals surface area contributed by atoms with Crippen LogP contribution in [0.5, 0.6) is 11.5 Å². The lowest BCUT2D eigenvalue weighted by Gasteiger charge is -2.09. The molecule has 2 aromatic rings. The molecule has 2 aromatic carbocycles. The number of benzene rings is 2. The van der Waals surface area contributed by atoms with Crippen molar-refractivity contribution in [2.45, 2.75) is 13.8 Å². The number of amides is 1. The van der Waals surface area contributed by atoms with E-state index in [1.54, 1.807) is 24.3 Å². The summed E-state index contributed by atoms with van der Waals surface area (Å²) in [4.78, 5) is 12.1. The summed E-state index contributed by atoms with van der Waals surface area (Å²) in [5.41, 5.74) is 3.76. The summed E-state index contributed by atoms with van der Waals surface area (Å²) in [7, 11) is 1.52. The Morgan fingerprint density at radius 3 is 2.76 bits per heavy atom. The van der Waals surface area contributed by atoms with Gasteiger partial charge in [-0.3, -0.25) is 4.79 Å². The van der Waals surface area contributed by atoms with Crippen LogP contribution >= 0.6 is 0 Å². The number of nitrogens with one attached hydrogen (secondary N) is 1. The third-order valence-corrected chi connectivity index (χ3v) is 3.77. The first-order valence-electron chi connectivity index (χ1n) is 7.78. The minimum atomic E-state index is -0.211. The molecule has 0 aliphatic rings. The normalized spacial score (nSPS) is 10.3. The highest BCUT2D eigenvalue weighted by atomic mass is 16.5. The van der Waals surface area contributed by atoms with Gasteiger partial charge in [0, 0.05) is 11.8 Å². The average Bonchev–Trinajstić information content (AvgIpc) is 2.62. The number of carbonyl (C=O) groups excluding carboxylic acids is 1. The third-order valence-electron chi connectivity index (χ3n) is 3.77. The van der Waals surface area contributed by atoms with Crippen molar-refractivity contribution in [2.75, 3.05) is 19.0 Å². The second kappa shape index (κ2) is 8.55. The zero-order valence-electron chi connectivity index (χ0n) is 14.5. The lowest BCUT2D eigenvalue weighted by molar-refractivity contribution is -0.111. The van der Waals surface area contributed by atoms with E-state index in [-0.39, 0.29) is 12.5 Å². The number of nitriles is 1. The molecule has 0 aliphatic heterocycles. The number of nitrogens with zero attached hydrogens (tertiary/aromatic N) is 1. The first kappa shape index (κ1) is 18.1. The molecular weight excluding hydrogens is 316 g/mol. The maximum Gasteiger partial charge on any atom is 0.248 e. The smallest absolute Gasteiger partial charge is 0.248 e. The highest BCUT2D eigenvalue weighted by Crippen LogP contribution is 2.28. The predicted molar refractivity (Wildman–Crippen MR) is 97.7 cm³/mol. The molecule has 0 unspecified atom stereocenters. The molecule has 0 saturated heterocycles. The van der Waals surface area contributed by atoms with Gasteiger partial charge in [0.05, 0.1) is 7.11 Å². The summed E-state index contributed by atoms with van der Waals surface area (Å²) >= 11 is 0. The van der Waals surface area contributed by atoms with Gasteiger partial charge >= 0.3 is 0 Å². The van der Waals surface area contributed by atoms with Gasteiger partial charge in [0.1, 0.15) is 6.07 Å². The van der Waals surface area contributed by atoms with Gasteiger partial charge in [0.15, 0.2) is 18.1 Å². The van der Waals surface area contributed by atoms with Crippen LogP contribution in [-0.4, -0.2) is 19.6 Å². The van der Waals surface area contributed by atoms with Crippen molar-refractivity contribution in [1.82, 2.24) is 0 Å². The van der Waals surface area contributed by atoms with Crippen molar-refractivity contribution in [2.24, 2.45) is 0 Å². The van der Waals surface area contributed by atoms with Crippen molar-refractivity contribution in [3.63, 3.8) is 0 Å². The van der Waals surface area contributed by atoms with Crippen LogP contribution in [0.4, 0.5) is 5.69 Å². The van der Waals surface area contributed by atoms with Crippen LogP contribution in [0.2, 0.25) is 0 Å². The minimum absolute atomic E-state index is 0.0518. The first-order valence-corrected chi connectivity index (χ1v) is 7.78. The maximum atomic E-state index is 12.1. The number of hydrogen-bond acceptors (Lipinski definition) is 4.